The van der Waals surface area contributed by atoms with E-state index in [0.29, 0.717) is 0 Å². The van der Waals surface area contributed by atoms with Gasteiger partial charge in [0.25, 0.3) is 0 Å². The predicted octanol–water partition coefficient (Wildman–Crippen LogP) is -2.41. The van der Waals surface area contributed by atoms with Gasteiger partial charge in [-0.2, -0.15) is 33.7 Å². The summed E-state index contributed by atoms with van der Waals surface area (Å²) >= 11 is -1.04. The number of methoxy groups -OCH3 is 1. The standard InChI is InChI=1S/C13H24O32S7/c1-29-12-10(38-51(23,24)25)8(36-47-44-41-15)6(4(32-12)2-30-49(17,18)19)34-13-11(39-52(26,27)28)9(37-48-45-42-16)7(35-46-43-40-14)5(33-13)3-31-50(20,21)22/h4-16H,2-3H2,1H3,(H,17,18,19)(H,20,21,22)(H,23,24,25)(H,26,27,28)/t4?,5?,6-,7-,8+,9+,10?,11?,12+,13-/m1/s1. The van der Waals surface area contributed by atoms with Crippen molar-refractivity contribution in [3.8, 4) is 0 Å². The van der Waals surface area contributed by atoms with Crippen LogP contribution >= 0.6 is 37.0 Å². The molecule has 2 aliphatic heterocycles. The first-order valence-electron chi connectivity index (χ1n) is 12.1. The molecular weight excluding hydrogens is 893 g/mol. The lowest BCUT2D eigenvalue weighted by Gasteiger charge is -2.48. The van der Waals surface area contributed by atoms with Gasteiger partial charge >= 0.3 is 41.6 Å². The Morgan fingerprint density at radius 1 is 0.519 bits per heavy atom. The third-order valence-corrected chi connectivity index (χ3v) is 8.61. The van der Waals surface area contributed by atoms with Crippen molar-refractivity contribution in [1.29, 1.82) is 0 Å². The first-order chi connectivity index (χ1) is 24.1. The van der Waals surface area contributed by atoms with Crippen LogP contribution in [0.4, 0.5) is 0 Å². The van der Waals surface area contributed by atoms with Gasteiger partial charge in [0.2, 0.25) is 0 Å². The molecule has 0 aromatic carbocycles. The predicted molar refractivity (Wildman–Crippen MR) is 149 cm³/mol. The molecule has 2 aliphatic rings. The lowest BCUT2D eigenvalue weighted by atomic mass is 9.97. The number of rotatable bonds is 25. The van der Waals surface area contributed by atoms with Crippen LogP contribution in [-0.4, -0.2) is 149 Å². The third-order valence-electron chi connectivity index (χ3n) is 5.56. The summed E-state index contributed by atoms with van der Waals surface area (Å²) < 4.78 is 197. The van der Waals surface area contributed by atoms with Gasteiger partial charge in [0.15, 0.2) is 61.8 Å². The second kappa shape index (κ2) is 22.0. The van der Waals surface area contributed by atoms with Gasteiger partial charge in [0.05, 0.1) is 13.2 Å². The fourth-order valence-corrected chi connectivity index (χ4v) is 6.68. The van der Waals surface area contributed by atoms with Gasteiger partial charge in [-0.25, -0.2) is 32.5 Å². The van der Waals surface area contributed by atoms with Gasteiger partial charge in [0.1, 0.15) is 36.6 Å². The molecule has 32 nitrogen and oxygen atoms in total. The van der Waals surface area contributed by atoms with Crippen LogP contribution in [0.15, 0.2) is 0 Å². The quantitative estimate of drug-likeness (QED) is 0.0165. The van der Waals surface area contributed by atoms with Crippen molar-refractivity contribution in [3.63, 3.8) is 0 Å². The molecule has 2 fully saturated rings. The van der Waals surface area contributed by atoms with Crippen LogP contribution in [0.3, 0.4) is 0 Å². The van der Waals surface area contributed by atoms with E-state index in [2.05, 4.69) is 44.8 Å². The van der Waals surface area contributed by atoms with Crippen molar-refractivity contribution < 1.29 is 144 Å². The summed E-state index contributed by atoms with van der Waals surface area (Å²) in [4.78, 5) is 0. The van der Waals surface area contributed by atoms with Crippen molar-refractivity contribution in [2.24, 2.45) is 0 Å². The fourth-order valence-electron chi connectivity index (χ4n) is 3.99. The smallest absolute Gasteiger partial charge is 0.353 e. The van der Waals surface area contributed by atoms with Crippen LogP contribution in [0.5, 0.6) is 0 Å². The molecule has 0 aromatic heterocycles. The monoisotopic (exact) mass is 916 g/mol. The number of hydrogen-bond acceptors (Lipinski definition) is 31. The Labute approximate surface area is 303 Å². The lowest BCUT2D eigenvalue weighted by Crippen LogP contribution is -2.66. The summed E-state index contributed by atoms with van der Waals surface area (Å²) in [7, 11) is -21.1. The van der Waals surface area contributed by atoms with Crippen LogP contribution < -0.4 is 0 Å². The SMILES string of the molecule is CO[C@H]1OC(COS(=O)(=O)O)[C@@H](O[C@H]2OC(COS(=O)(=O)O)[C@@H](OSOOO)[C@H](OSOOO)C2OS(=O)(=O)O)[C@H](OSOOO)C1OS(=O)(=O)O. The maximum atomic E-state index is 12.0. The molecule has 0 saturated carbocycles. The minimum atomic E-state index is -5.71. The van der Waals surface area contributed by atoms with Crippen molar-refractivity contribution in [2.45, 2.75) is 61.4 Å². The molecule has 0 bridgehead atoms. The van der Waals surface area contributed by atoms with Crippen molar-refractivity contribution in [2.75, 3.05) is 20.3 Å². The summed E-state index contributed by atoms with van der Waals surface area (Å²) in [6.07, 6.45) is -22.5. The van der Waals surface area contributed by atoms with Crippen molar-refractivity contribution in [1.82, 2.24) is 0 Å². The van der Waals surface area contributed by atoms with Crippen LogP contribution in [-0.2, 0) is 118 Å². The largest absolute Gasteiger partial charge is 0.397 e. The maximum absolute atomic E-state index is 12.0. The minimum absolute atomic E-state index is 0.310. The molecule has 0 amide bonds. The fraction of sp³-hybridized carbons (Fsp3) is 1.00. The van der Waals surface area contributed by atoms with E-state index in [1.165, 1.54) is 0 Å². The molecule has 0 radical (unpaired) electrons. The summed E-state index contributed by atoms with van der Waals surface area (Å²) in [5, 5.41) is 35.5. The molecule has 4 unspecified atom stereocenters. The zero-order valence-corrected chi connectivity index (χ0v) is 30.1. The Morgan fingerprint density at radius 3 is 1.27 bits per heavy atom. The average molecular weight is 917 g/mol. The molecule has 0 spiro atoms. The van der Waals surface area contributed by atoms with E-state index in [4.69, 9.17) is 56.4 Å². The second-order valence-corrected chi connectivity index (χ2v) is 14.3. The molecule has 2 saturated heterocycles. The average Bonchev–Trinajstić information content (AvgIpc) is 3.01. The molecule has 10 atom stereocenters. The molecule has 2 rings (SSSR count). The Kier molecular flexibility index (Phi) is 20.3. The summed E-state index contributed by atoms with van der Waals surface area (Å²) in [5.41, 5.74) is 0. The Hall–Kier alpha value is -0.110. The van der Waals surface area contributed by atoms with E-state index in [9.17, 15) is 42.8 Å². The van der Waals surface area contributed by atoms with Gasteiger partial charge in [0, 0.05) is 7.11 Å². The highest BCUT2D eigenvalue weighted by Crippen LogP contribution is 2.38. The third kappa shape index (κ3) is 17.4. The molecule has 7 N–H and O–H groups in total. The van der Waals surface area contributed by atoms with E-state index in [0.717, 1.165) is 7.11 Å². The first kappa shape index (κ1) is 48.0. The molecule has 310 valence electrons. The van der Waals surface area contributed by atoms with E-state index in [-0.39, 0.29) is 37.0 Å². The number of hydrogen-bond donors (Lipinski definition) is 7. The summed E-state index contributed by atoms with van der Waals surface area (Å²) in [6.45, 7) is -2.72. The zero-order valence-electron chi connectivity index (χ0n) is 24.4. The Bertz CT molecular complexity index is 1490. The van der Waals surface area contributed by atoms with Gasteiger partial charge in [-0.15, -0.1) is 13.0 Å². The normalized spacial score (nSPS) is 30.8. The Balaban J connectivity index is 2.79. The highest BCUT2D eigenvalue weighted by atomic mass is 32.3. The lowest BCUT2D eigenvalue weighted by molar-refractivity contribution is -0.436. The van der Waals surface area contributed by atoms with Crippen LogP contribution in [0.1, 0.15) is 0 Å². The summed E-state index contributed by atoms with van der Waals surface area (Å²) in [6, 6.07) is 0. The molecule has 0 aromatic rings. The molecular formula is C13H24O32S7. The highest BCUT2D eigenvalue weighted by Gasteiger charge is 2.57. The van der Waals surface area contributed by atoms with Gasteiger partial charge < -0.3 is 18.9 Å². The van der Waals surface area contributed by atoms with E-state index in [1.807, 2.05) is 0 Å². The van der Waals surface area contributed by atoms with E-state index in [1.54, 1.807) is 0 Å². The van der Waals surface area contributed by atoms with Crippen LogP contribution in [0.25, 0.3) is 0 Å². The zero-order chi connectivity index (χ0) is 39.3. The van der Waals surface area contributed by atoms with Gasteiger partial charge in [-0.1, -0.05) is 15.1 Å². The first-order valence-corrected chi connectivity index (χ1v) is 19.5. The van der Waals surface area contributed by atoms with Crippen LogP contribution in [0, 0.1) is 0 Å². The maximum Gasteiger partial charge on any atom is 0.397 e. The topological polar surface area (TPSA) is 435 Å². The van der Waals surface area contributed by atoms with E-state index < -0.39 is 116 Å². The molecule has 2 heterocycles. The Morgan fingerprint density at radius 2 is 0.885 bits per heavy atom. The van der Waals surface area contributed by atoms with Gasteiger partial charge in [-0.05, 0) is 0 Å². The minimum Gasteiger partial charge on any atom is -0.353 e. The van der Waals surface area contributed by atoms with Gasteiger partial charge in [-0.3, -0.25) is 30.8 Å². The number of ether oxygens (including phenoxy) is 4. The van der Waals surface area contributed by atoms with E-state index >= 15 is 0 Å². The van der Waals surface area contributed by atoms with Crippen LogP contribution in [0.2, 0.25) is 0 Å². The molecule has 52 heavy (non-hydrogen) atoms. The van der Waals surface area contributed by atoms with Crippen molar-refractivity contribution >= 4 is 78.6 Å². The second-order valence-electron chi connectivity index (χ2n) is 8.64. The summed E-state index contributed by atoms with van der Waals surface area (Å²) in [5.74, 6) is 0. The van der Waals surface area contributed by atoms with Crippen molar-refractivity contribution in [3.05, 3.63) is 0 Å². The highest BCUT2D eigenvalue weighted by molar-refractivity contribution is 7.90. The molecule has 0 aliphatic carbocycles. The molecule has 39 heteroatoms.